The highest BCUT2D eigenvalue weighted by Crippen LogP contribution is 2.31. The van der Waals surface area contributed by atoms with Crippen molar-refractivity contribution in [1.82, 2.24) is 4.90 Å². The van der Waals surface area contributed by atoms with Gasteiger partial charge in [0.05, 0.1) is 10.6 Å². The van der Waals surface area contributed by atoms with Gasteiger partial charge in [0.1, 0.15) is 5.75 Å². The highest BCUT2D eigenvalue weighted by Gasteiger charge is 2.26. The molecule has 0 amide bonds. The molecule has 1 saturated heterocycles. The lowest BCUT2D eigenvalue weighted by atomic mass is 10.1. The van der Waals surface area contributed by atoms with Crippen LogP contribution in [0.1, 0.15) is 5.56 Å². The molecule has 3 rings (SSSR count). The first-order valence-corrected chi connectivity index (χ1v) is 10.8. The minimum absolute atomic E-state index is 0.0555. The van der Waals surface area contributed by atoms with Gasteiger partial charge in [0.2, 0.25) is 0 Å². The Balaban J connectivity index is 1.85. The maximum absolute atomic E-state index is 13.0. The number of alkyl halides is 2. The Morgan fingerprint density at radius 2 is 1.69 bits per heavy atom. The van der Waals surface area contributed by atoms with Crippen LogP contribution in [0.15, 0.2) is 47.4 Å². The Hall–Kier alpha value is -2.10. The highest BCUT2D eigenvalue weighted by atomic mass is 35.5. The Labute approximate surface area is 174 Å². The lowest BCUT2D eigenvalue weighted by Gasteiger charge is -2.35. The van der Waals surface area contributed by atoms with Crippen LogP contribution in [0.3, 0.4) is 0 Å². The molecule has 0 radical (unpaired) electrons. The van der Waals surface area contributed by atoms with Gasteiger partial charge in [0, 0.05) is 43.6 Å². The number of sulfonamides is 1. The van der Waals surface area contributed by atoms with Gasteiger partial charge >= 0.3 is 6.61 Å². The molecular weight excluding hydrogens is 424 g/mol. The molecule has 6 nitrogen and oxygen atoms in total. The van der Waals surface area contributed by atoms with E-state index in [4.69, 9.17) is 11.8 Å². The molecule has 0 aromatic heterocycles. The third kappa shape index (κ3) is 4.91. The second-order valence-corrected chi connectivity index (χ2v) is 9.16. The first-order chi connectivity index (χ1) is 13.7. The summed E-state index contributed by atoms with van der Waals surface area (Å²) in [5.74, 6) is -0.0843. The first kappa shape index (κ1) is 21.6. The third-order valence-corrected chi connectivity index (χ3v) is 7.02. The van der Waals surface area contributed by atoms with Gasteiger partial charge in [-0.05, 0) is 55.9 Å². The average Bonchev–Trinajstić information content (AvgIpc) is 2.68. The van der Waals surface area contributed by atoms with Crippen LogP contribution in [-0.4, -0.2) is 53.2 Å². The molecule has 0 spiro atoms. The second-order valence-electron chi connectivity index (χ2n) is 6.83. The van der Waals surface area contributed by atoms with Gasteiger partial charge in [-0.25, -0.2) is 0 Å². The summed E-state index contributed by atoms with van der Waals surface area (Å²) < 4.78 is 55.4. The summed E-state index contributed by atoms with van der Waals surface area (Å²) in [7, 11) is -1.99. The zero-order valence-corrected chi connectivity index (χ0v) is 17.6. The molecule has 10 heteroatoms. The fourth-order valence-corrected chi connectivity index (χ4v) is 4.55. The van der Waals surface area contributed by atoms with E-state index in [-0.39, 0.29) is 16.3 Å². The zero-order chi connectivity index (χ0) is 21.2. The summed E-state index contributed by atoms with van der Waals surface area (Å²) in [5.41, 5.74) is 1.95. The molecule has 0 N–H and O–H groups in total. The van der Waals surface area contributed by atoms with E-state index in [9.17, 15) is 17.2 Å². The molecule has 1 aliphatic heterocycles. The fraction of sp³-hybridized carbons (Fsp3) is 0.368. The summed E-state index contributed by atoms with van der Waals surface area (Å²) in [6.45, 7) is 2.37. The predicted octanol–water partition coefficient (Wildman–Crippen LogP) is 3.70. The Morgan fingerprint density at radius 3 is 2.28 bits per heavy atom. The molecule has 0 unspecified atom stereocenters. The number of hydrogen-bond acceptors (Lipinski definition) is 5. The number of likely N-dealkylation sites (N-methyl/N-ethyl adjacent to an activating group) is 1. The van der Waals surface area contributed by atoms with Crippen LogP contribution < -0.4 is 13.5 Å². The van der Waals surface area contributed by atoms with Crippen LogP contribution in [0.25, 0.3) is 0 Å². The molecule has 1 fully saturated rings. The van der Waals surface area contributed by atoms with Crippen LogP contribution in [0.2, 0.25) is 0 Å². The molecule has 1 heterocycles. The molecule has 158 valence electrons. The number of anilines is 2. The molecule has 2 aromatic carbocycles. The van der Waals surface area contributed by atoms with Crippen LogP contribution in [0, 0.1) is 6.92 Å². The van der Waals surface area contributed by atoms with Gasteiger partial charge < -0.3 is 14.5 Å². The van der Waals surface area contributed by atoms with Gasteiger partial charge in [-0.3, -0.25) is 0 Å². The van der Waals surface area contributed by atoms with Crippen molar-refractivity contribution in [1.29, 1.82) is 0 Å². The van der Waals surface area contributed by atoms with Crippen molar-refractivity contribution in [3.05, 3.63) is 48.0 Å². The minimum atomic E-state index is -4.04. The Kier molecular flexibility index (Phi) is 6.50. The normalized spacial score (nSPS) is 15.6. The minimum Gasteiger partial charge on any atom is -0.435 e. The maximum atomic E-state index is 13.0. The van der Waals surface area contributed by atoms with Gasteiger partial charge in [-0.2, -0.15) is 21.0 Å². The molecular formula is C19H22ClF2N3O3S. The van der Waals surface area contributed by atoms with Crippen LogP contribution >= 0.6 is 11.8 Å². The van der Waals surface area contributed by atoms with Crippen LogP contribution in [-0.2, 0) is 10.0 Å². The van der Waals surface area contributed by atoms with Crippen molar-refractivity contribution >= 4 is 33.2 Å². The van der Waals surface area contributed by atoms with Crippen molar-refractivity contribution in [3.8, 4) is 5.75 Å². The third-order valence-electron chi connectivity index (χ3n) is 4.80. The summed E-state index contributed by atoms with van der Waals surface area (Å²) in [5, 5.41) is 0. The van der Waals surface area contributed by atoms with E-state index in [1.54, 1.807) is 12.1 Å². The average molecular weight is 446 g/mol. The van der Waals surface area contributed by atoms with E-state index >= 15 is 0 Å². The van der Waals surface area contributed by atoms with Gasteiger partial charge in [-0.15, -0.1) is 0 Å². The lowest BCUT2D eigenvalue weighted by molar-refractivity contribution is -0.0498. The van der Waals surface area contributed by atoms with Crippen molar-refractivity contribution in [3.63, 3.8) is 0 Å². The number of piperazine rings is 1. The lowest BCUT2D eigenvalue weighted by Crippen LogP contribution is -2.44. The van der Waals surface area contributed by atoms with Crippen molar-refractivity contribution in [2.75, 3.05) is 42.0 Å². The van der Waals surface area contributed by atoms with Crippen molar-refractivity contribution in [2.45, 2.75) is 18.4 Å². The Morgan fingerprint density at radius 1 is 1.07 bits per heavy atom. The standard InChI is InChI=1S/C19H22ClF2N3O3S/c1-14-3-8-17(13-18(14)24-11-9-23(2)10-12-24)29(26,27)25(20)15-4-6-16(7-5-15)28-19(21)22/h3-8,13,19H,9-12H2,1-2H3. The molecule has 1 aliphatic rings. The van der Waals surface area contributed by atoms with E-state index < -0.39 is 16.6 Å². The van der Waals surface area contributed by atoms with E-state index in [0.717, 1.165) is 37.4 Å². The number of halogens is 3. The second kappa shape index (κ2) is 8.73. The Bertz CT molecular complexity index is 950. The predicted molar refractivity (Wildman–Crippen MR) is 109 cm³/mol. The number of ether oxygens (including phenoxy) is 1. The summed E-state index contributed by atoms with van der Waals surface area (Å²) in [6.07, 6.45) is 0. The van der Waals surface area contributed by atoms with E-state index in [1.807, 2.05) is 14.0 Å². The number of benzene rings is 2. The highest BCUT2D eigenvalue weighted by molar-refractivity contribution is 7.94. The molecule has 0 saturated carbocycles. The van der Waals surface area contributed by atoms with Crippen molar-refractivity contribution < 1.29 is 21.9 Å². The summed E-state index contributed by atoms with van der Waals surface area (Å²) >= 11 is 6.12. The van der Waals surface area contributed by atoms with Gasteiger partial charge in [0.15, 0.2) is 0 Å². The smallest absolute Gasteiger partial charge is 0.387 e. The van der Waals surface area contributed by atoms with E-state index in [1.165, 1.54) is 30.3 Å². The zero-order valence-electron chi connectivity index (χ0n) is 16.1. The van der Waals surface area contributed by atoms with Crippen LogP contribution in [0.4, 0.5) is 20.2 Å². The quantitative estimate of drug-likeness (QED) is 0.635. The van der Waals surface area contributed by atoms with Gasteiger partial charge in [0.25, 0.3) is 10.0 Å². The molecule has 29 heavy (non-hydrogen) atoms. The number of aryl methyl sites for hydroxylation is 1. The summed E-state index contributed by atoms with van der Waals surface area (Å²) in [4.78, 5) is 4.43. The van der Waals surface area contributed by atoms with E-state index in [0.29, 0.717) is 3.82 Å². The number of nitrogens with zero attached hydrogens (tertiary/aromatic N) is 3. The number of rotatable bonds is 6. The monoisotopic (exact) mass is 445 g/mol. The van der Waals surface area contributed by atoms with Crippen molar-refractivity contribution in [2.24, 2.45) is 0 Å². The molecule has 0 bridgehead atoms. The molecule has 0 aliphatic carbocycles. The summed E-state index contributed by atoms with van der Waals surface area (Å²) in [6, 6.07) is 9.96. The topological polar surface area (TPSA) is 53.1 Å². The van der Waals surface area contributed by atoms with Crippen LogP contribution in [0.5, 0.6) is 5.75 Å². The van der Waals surface area contributed by atoms with E-state index in [2.05, 4.69) is 14.5 Å². The molecule has 0 atom stereocenters. The SMILES string of the molecule is Cc1ccc(S(=O)(=O)N(Cl)c2ccc(OC(F)F)cc2)cc1N1CCN(C)CC1. The number of hydrogen-bond donors (Lipinski definition) is 0. The first-order valence-electron chi connectivity index (χ1n) is 8.98. The largest absolute Gasteiger partial charge is 0.435 e. The molecule has 2 aromatic rings. The van der Waals surface area contributed by atoms with Gasteiger partial charge in [-0.1, -0.05) is 6.07 Å². The maximum Gasteiger partial charge on any atom is 0.387 e. The fourth-order valence-electron chi connectivity index (χ4n) is 3.11.